The van der Waals surface area contributed by atoms with Crippen LogP contribution in [0.25, 0.3) is 65.0 Å². The second kappa shape index (κ2) is 28.7. The number of benzene rings is 11. The first kappa shape index (κ1) is 63.9. The van der Waals surface area contributed by atoms with Gasteiger partial charge in [-0.05, 0) is 206 Å². The summed E-state index contributed by atoms with van der Waals surface area (Å²) in [6, 6.07) is 74.4. The number of H-pyrrole nitrogens is 1. The van der Waals surface area contributed by atoms with Crippen LogP contribution in [0.5, 0.6) is 28.7 Å². The molecule has 476 valence electrons. The minimum Gasteiger partial charge on any atom is -0.497 e. The fraction of sp³-hybridized carbons (Fsp3) is 0.175. The summed E-state index contributed by atoms with van der Waals surface area (Å²) in [6.45, 7) is 7.83. The van der Waals surface area contributed by atoms with Crippen LogP contribution in [0.15, 0.2) is 259 Å². The Balaban J connectivity index is 0.000000138. The van der Waals surface area contributed by atoms with Crippen molar-refractivity contribution in [1.29, 1.82) is 0 Å². The Labute approximate surface area is 549 Å². The number of nitrogens with zero attached hydrogens (tertiary/aromatic N) is 2. The van der Waals surface area contributed by atoms with Crippen LogP contribution in [0.3, 0.4) is 0 Å². The minimum atomic E-state index is -3.76. The summed E-state index contributed by atoms with van der Waals surface area (Å²) in [5.41, 5.74) is 9.14. The summed E-state index contributed by atoms with van der Waals surface area (Å²) in [4.78, 5) is 3.77. The van der Waals surface area contributed by atoms with E-state index in [0.717, 1.165) is 77.3 Å². The second-order valence-electron chi connectivity index (χ2n) is 23.3. The van der Waals surface area contributed by atoms with E-state index < -0.39 is 20.0 Å². The zero-order chi connectivity index (χ0) is 65.2. The first-order valence-corrected chi connectivity index (χ1v) is 34.7. The van der Waals surface area contributed by atoms with E-state index in [1.54, 1.807) is 75.1 Å². The number of hydrogen-bond acceptors (Lipinski definition) is 9. The molecule has 11 aromatic carbocycles. The molecule has 0 fully saturated rings. The molecule has 3 heterocycles. The maximum absolute atomic E-state index is 13.5. The number of nitrogens with one attached hydrogen (secondary N) is 1. The number of methoxy groups -OCH3 is 2. The largest absolute Gasteiger partial charge is 0.497 e. The molecule has 1 N–H and O–H groups in total. The number of aromatic nitrogens is 3. The van der Waals surface area contributed by atoms with Gasteiger partial charge in [0.2, 0.25) is 0 Å². The van der Waals surface area contributed by atoms with Gasteiger partial charge in [-0.15, -0.1) is 0 Å². The van der Waals surface area contributed by atoms with Gasteiger partial charge in [0.25, 0.3) is 20.0 Å². The molecule has 14 aromatic rings. The van der Waals surface area contributed by atoms with Crippen molar-refractivity contribution >= 4 is 85.1 Å². The third-order valence-electron chi connectivity index (χ3n) is 16.8. The van der Waals surface area contributed by atoms with Crippen LogP contribution in [0.2, 0.25) is 0 Å². The zero-order valence-corrected chi connectivity index (χ0v) is 55.1. The van der Waals surface area contributed by atoms with Gasteiger partial charge < -0.3 is 28.7 Å². The Morgan fingerprint density at radius 1 is 0.351 bits per heavy atom. The average Bonchev–Trinajstić information content (AvgIpc) is 1.61. The quantitative estimate of drug-likeness (QED) is 0.0744. The topological polar surface area (TPSA) is 140 Å². The number of aryl methyl sites for hydroxylation is 3. The number of aromatic amines is 1. The van der Waals surface area contributed by atoms with E-state index in [1.165, 1.54) is 62.3 Å². The summed E-state index contributed by atoms with van der Waals surface area (Å²) in [5, 5.41) is 10.3. The summed E-state index contributed by atoms with van der Waals surface area (Å²) in [6.07, 6.45) is 11.2. The van der Waals surface area contributed by atoms with E-state index in [9.17, 15) is 16.8 Å². The molecule has 0 aliphatic heterocycles. The van der Waals surface area contributed by atoms with Gasteiger partial charge in [0.1, 0.15) is 48.6 Å². The van der Waals surface area contributed by atoms with E-state index in [2.05, 4.69) is 147 Å². The van der Waals surface area contributed by atoms with Crippen LogP contribution in [-0.2, 0) is 59.1 Å². The predicted molar refractivity (Wildman–Crippen MR) is 380 cm³/mol. The van der Waals surface area contributed by atoms with Crippen molar-refractivity contribution in [3.05, 3.63) is 282 Å². The van der Waals surface area contributed by atoms with Crippen LogP contribution >= 0.6 is 0 Å². The standard InChI is InChI=1S/2C29H27NO4S.C22H21NO/c2*1-3-6-24-19-30(35(31,32)27-14-11-25(33-2)12-15-27)29-16-13-26(18-28(24)29)34-20-21-9-10-22-7-4-5-8-23(22)17-21;1-2-5-19-14-23-22-11-10-20(13-21(19)22)24-15-16-8-9-17-6-3-4-7-18(17)12-16/h2*4-5,7-19H,3,6,20H2,1-2H3;3-4,6-14,23H,2,5,15H2,1H3. The summed E-state index contributed by atoms with van der Waals surface area (Å²) in [5.74, 6) is 3.57. The highest BCUT2D eigenvalue weighted by Gasteiger charge is 2.24. The fourth-order valence-corrected chi connectivity index (χ4v) is 14.7. The van der Waals surface area contributed by atoms with Crippen molar-refractivity contribution < 1.29 is 40.5 Å². The maximum atomic E-state index is 13.5. The van der Waals surface area contributed by atoms with Crippen molar-refractivity contribution in [2.24, 2.45) is 0 Å². The van der Waals surface area contributed by atoms with E-state index in [-0.39, 0.29) is 9.79 Å². The van der Waals surface area contributed by atoms with Crippen molar-refractivity contribution in [2.45, 2.75) is 88.9 Å². The lowest BCUT2D eigenvalue weighted by Gasteiger charge is -2.10. The molecule has 0 saturated heterocycles. The molecule has 3 aromatic heterocycles. The molecule has 94 heavy (non-hydrogen) atoms. The van der Waals surface area contributed by atoms with Crippen molar-refractivity contribution in [3.8, 4) is 28.7 Å². The molecular weight excluding hydrogens is 1210 g/mol. The van der Waals surface area contributed by atoms with E-state index in [0.29, 0.717) is 53.9 Å². The van der Waals surface area contributed by atoms with Crippen molar-refractivity contribution in [3.63, 3.8) is 0 Å². The second-order valence-corrected chi connectivity index (χ2v) is 26.9. The Morgan fingerprint density at radius 3 is 1.06 bits per heavy atom. The lowest BCUT2D eigenvalue weighted by atomic mass is 10.1. The molecular formula is C80H75N3O9S2. The van der Waals surface area contributed by atoms with Crippen LogP contribution < -0.4 is 23.7 Å². The molecule has 0 bridgehead atoms. The molecule has 0 unspecified atom stereocenters. The normalized spacial score (nSPS) is 11.6. The van der Waals surface area contributed by atoms with Crippen LogP contribution in [0.4, 0.5) is 0 Å². The van der Waals surface area contributed by atoms with Gasteiger partial charge in [-0.1, -0.05) is 149 Å². The predicted octanol–water partition coefficient (Wildman–Crippen LogP) is 19.0. The summed E-state index contributed by atoms with van der Waals surface area (Å²) < 4.78 is 85.2. The number of rotatable bonds is 21. The first-order chi connectivity index (χ1) is 45.8. The number of ether oxygens (including phenoxy) is 5. The molecule has 0 atom stereocenters. The molecule has 0 saturated carbocycles. The Kier molecular flexibility index (Phi) is 19.5. The molecule has 0 aliphatic rings. The molecule has 14 heteroatoms. The maximum Gasteiger partial charge on any atom is 0.268 e. The minimum absolute atomic E-state index is 0.217. The monoisotopic (exact) mass is 1290 g/mol. The molecule has 0 amide bonds. The van der Waals surface area contributed by atoms with Gasteiger partial charge in [-0.2, -0.15) is 0 Å². The van der Waals surface area contributed by atoms with E-state index >= 15 is 0 Å². The lowest BCUT2D eigenvalue weighted by molar-refractivity contribution is 0.306. The van der Waals surface area contributed by atoms with Gasteiger partial charge in [-0.25, -0.2) is 24.8 Å². The van der Waals surface area contributed by atoms with E-state index in [1.807, 2.05) is 66.7 Å². The van der Waals surface area contributed by atoms with Gasteiger partial charge in [0.05, 0.1) is 35.0 Å². The van der Waals surface area contributed by atoms with Crippen LogP contribution in [0.1, 0.15) is 73.4 Å². The summed E-state index contributed by atoms with van der Waals surface area (Å²) >= 11 is 0. The highest BCUT2D eigenvalue weighted by Crippen LogP contribution is 2.34. The smallest absolute Gasteiger partial charge is 0.268 e. The van der Waals surface area contributed by atoms with Crippen LogP contribution in [-0.4, -0.2) is 44.0 Å². The number of hydrogen-bond donors (Lipinski definition) is 1. The van der Waals surface area contributed by atoms with Crippen LogP contribution in [0, 0.1) is 0 Å². The van der Waals surface area contributed by atoms with Gasteiger partial charge in [0.15, 0.2) is 0 Å². The fourth-order valence-electron chi connectivity index (χ4n) is 11.9. The summed E-state index contributed by atoms with van der Waals surface area (Å²) in [7, 11) is -4.40. The highest BCUT2D eigenvalue weighted by molar-refractivity contribution is 7.90. The molecule has 0 aliphatic carbocycles. The third-order valence-corrected chi connectivity index (χ3v) is 20.2. The average molecular weight is 1290 g/mol. The van der Waals surface area contributed by atoms with Gasteiger partial charge in [-0.3, -0.25) is 0 Å². The lowest BCUT2D eigenvalue weighted by Crippen LogP contribution is -2.11. The SMILES string of the molecule is CCCc1c[nH]c2ccc(OCc3ccc4ccccc4c3)cc12.CCCc1cn(S(=O)(=O)c2ccc(OC)cc2)c2ccc(OCc3ccc4ccccc4c3)cc12.CCCc1cn(S(=O)(=O)c2ccc(OC)cc2)c2ccc(OCc3ccc4ccccc4c3)cc12. The Bertz CT molecular complexity index is 4960. The van der Waals surface area contributed by atoms with Gasteiger partial charge >= 0.3 is 0 Å². The van der Waals surface area contributed by atoms with E-state index in [4.69, 9.17) is 23.7 Å². The van der Waals surface area contributed by atoms with Crippen molar-refractivity contribution in [1.82, 2.24) is 12.9 Å². The molecule has 12 nitrogen and oxygen atoms in total. The highest BCUT2D eigenvalue weighted by atomic mass is 32.2. The third kappa shape index (κ3) is 14.2. The molecule has 0 spiro atoms. The van der Waals surface area contributed by atoms with Crippen molar-refractivity contribution in [2.75, 3.05) is 14.2 Å². The van der Waals surface area contributed by atoms with Gasteiger partial charge in [0, 0.05) is 40.3 Å². The Hall–Kier alpha value is -10.3. The number of fused-ring (bicyclic) bond motifs is 6. The zero-order valence-electron chi connectivity index (χ0n) is 53.4. The first-order valence-electron chi connectivity index (χ1n) is 31.8. The molecule has 14 rings (SSSR count). The molecule has 0 radical (unpaired) electrons. The Morgan fingerprint density at radius 2 is 0.691 bits per heavy atom.